The number of nitrogens with two attached hydrogens (primary N) is 1. The topological polar surface area (TPSA) is 55.6 Å². The summed E-state index contributed by atoms with van der Waals surface area (Å²) in [6.45, 7) is 7.71. The molecule has 2 unspecified atom stereocenters. The van der Waals surface area contributed by atoms with Gasteiger partial charge in [0, 0.05) is 26.3 Å². The van der Waals surface area contributed by atoms with Crippen LogP contribution in [-0.4, -0.2) is 43.2 Å². The molecule has 2 fully saturated rings. The van der Waals surface area contributed by atoms with Crippen molar-refractivity contribution < 1.29 is 9.53 Å². The number of hydrogen-bond donors (Lipinski definition) is 1. The zero-order valence-corrected chi connectivity index (χ0v) is 11.7. The summed E-state index contributed by atoms with van der Waals surface area (Å²) >= 11 is 0. The largest absolute Gasteiger partial charge is 0.381 e. The van der Waals surface area contributed by atoms with Gasteiger partial charge in [0.25, 0.3) is 0 Å². The molecular formula is C14H26N2O2. The average Bonchev–Trinajstić information content (AvgIpc) is 2.81. The first-order valence-electron chi connectivity index (χ1n) is 7.18. The van der Waals surface area contributed by atoms with Crippen molar-refractivity contribution in [3.63, 3.8) is 0 Å². The van der Waals surface area contributed by atoms with Gasteiger partial charge in [-0.05, 0) is 37.0 Å². The van der Waals surface area contributed by atoms with Crippen molar-refractivity contribution in [3.05, 3.63) is 0 Å². The Kier molecular flexibility index (Phi) is 4.28. The predicted molar refractivity (Wildman–Crippen MR) is 71.1 cm³/mol. The lowest BCUT2D eigenvalue weighted by molar-refractivity contribution is -0.134. The van der Waals surface area contributed by atoms with Crippen LogP contribution in [0.1, 0.15) is 39.5 Å². The van der Waals surface area contributed by atoms with Crippen molar-refractivity contribution in [3.8, 4) is 0 Å². The second kappa shape index (κ2) is 5.57. The minimum atomic E-state index is -0.326. The Labute approximate surface area is 110 Å². The van der Waals surface area contributed by atoms with Gasteiger partial charge >= 0.3 is 0 Å². The van der Waals surface area contributed by atoms with Gasteiger partial charge in [-0.25, -0.2) is 0 Å². The summed E-state index contributed by atoms with van der Waals surface area (Å²) in [5.41, 5.74) is 6.45. The Hall–Kier alpha value is -0.610. The summed E-state index contributed by atoms with van der Waals surface area (Å²) in [5, 5.41) is 0. The smallest absolute Gasteiger partial charge is 0.239 e. The number of carbonyl (C=O) groups excluding carboxylic acids is 1. The molecule has 2 rings (SSSR count). The molecule has 1 amide bonds. The second-order valence-electron chi connectivity index (χ2n) is 6.15. The minimum absolute atomic E-state index is 0.152. The fourth-order valence-corrected chi connectivity index (χ4v) is 2.99. The molecule has 0 aromatic carbocycles. The maximum atomic E-state index is 12.4. The van der Waals surface area contributed by atoms with E-state index in [-0.39, 0.29) is 11.9 Å². The van der Waals surface area contributed by atoms with E-state index in [0.29, 0.717) is 11.3 Å². The molecule has 0 radical (unpaired) electrons. The number of rotatable bonds is 3. The summed E-state index contributed by atoms with van der Waals surface area (Å²) in [4.78, 5) is 14.4. The van der Waals surface area contributed by atoms with Crippen molar-refractivity contribution >= 4 is 5.91 Å². The number of nitrogens with zero attached hydrogens (tertiary/aromatic N) is 1. The molecule has 0 aliphatic carbocycles. The Balaban J connectivity index is 1.91. The van der Waals surface area contributed by atoms with Gasteiger partial charge in [-0.2, -0.15) is 0 Å². The van der Waals surface area contributed by atoms with Crippen molar-refractivity contribution in [2.45, 2.75) is 45.6 Å². The molecule has 104 valence electrons. The van der Waals surface area contributed by atoms with E-state index in [9.17, 15) is 4.79 Å². The summed E-state index contributed by atoms with van der Waals surface area (Å²) in [6.07, 6.45) is 4.08. The van der Waals surface area contributed by atoms with E-state index in [0.717, 1.165) is 52.0 Å². The Morgan fingerprint density at radius 1 is 1.50 bits per heavy atom. The lowest BCUT2D eigenvalue weighted by atomic mass is 9.87. The summed E-state index contributed by atoms with van der Waals surface area (Å²) in [7, 11) is 0. The van der Waals surface area contributed by atoms with Crippen LogP contribution in [0.5, 0.6) is 0 Å². The number of ether oxygens (including phenoxy) is 1. The summed E-state index contributed by atoms with van der Waals surface area (Å²) < 4.78 is 5.33. The lowest BCUT2D eigenvalue weighted by Gasteiger charge is -2.30. The molecule has 2 atom stereocenters. The first kappa shape index (κ1) is 13.8. The van der Waals surface area contributed by atoms with Crippen LogP contribution in [0.2, 0.25) is 0 Å². The van der Waals surface area contributed by atoms with Gasteiger partial charge in [0.05, 0.1) is 6.04 Å². The normalized spacial score (nSPS) is 31.6. The standard InChI is InChI=1S/C14H26N2O2/c1-3-14(2)6-7-16(10-14)13(17)12(15)11-4-8-18-9-5-11/h11-12H,3-10,15H2,1-2H3. The van der Waals surface area contributed by atoms with Gasteiger partial charge in [-0.15, -0.1) is 0 Å². The van der Waals surface area contributed by atoms with Crippen LogP contribution in [0.25, 0.3) is 0 Å². The zero-order valence-electron chi connectivity index (χ0n) is 11.7. The third-order valence-electron chi connectivity index (χ3n) is 4.78. The molecular weight excluding hydrogens is 228 g/mol. The Bertz CT molecular complexity index is 298. The monoisotopic (exact) mass is 254 g/mol. The van der Waals surface area contributed by atoms with E-state index >= 15 is 0 Å². The molecule has 0 spiro atoms. The van der Waals surface area contributed by atoms with Crippen LogP contribution in [0, 0.1) is 11.3 Å². The maximum absolute atomic E-state index is 12.4. The lowest BCUT2D eigenvalue weighted by Crippen LogP contribution is -2.48. The quantitative estimate of drug-likeness (QED) is 0.828. The van der Waals surface area contributed by atoms with E-state index in [1.807, 2.05) is 4.90 Å². The van der Waals surface area contributed by atoms with E-state index in [4.69, 9.17) is 10.5 Å². The van der Waals surface area contributed by atoms with Crippen LogP contribution in [0.4, 0.5) is 0 Å². The van der Waals surface area contributed by atoms with E-state index in [2.05, 4.69) is 13.8 Å². The molecule has 2 heterocycles. The Morgan fingerprint density at radius 2 is 2.17 bits per heavy atom. The van der Waals surface area contributed by atoms with Gasteiger partial charge in [0.15, 0.2) is 0 Å². The average molecular weight is 254 g/mol. The SMILES string of the molecule is CCC1(C)CCN(C(=O)C(N)C2CCOCC2)C1. The molecule has 4 nitrogen and oxygen atoms in total. The molecule has 2 aliphatic rings. The van der Waals surface area contributed by atoms with Crippen LogP contribution in [0.15, 0.2) is 0 Å². The number of likely N-dealkylation sites (tertiary alicyclic amines) is 1. The van der Waals surface area contributed by atoms with Crippen molar-refractivity contribution in [2.75, 3.05) is 26.3 Å². The van der Waals surface area contributed by atoms with Gasteiger partial charge in [-0.1, -0.05) is 13.8 Å². The number of hydrogen-bond acceptors (Lipinski definition) is 3. The molecule has 0 aromatic heterocycles. The molecule has 0 aromatic rings. The van der Waals surface area contributed by atoms with Gasteiger partial charge in [-0.3, -0.25) is 4.79 Å². The van der Waals surface area contributed by atoms with Crippen LogP contribution in [0.3, 0.4) is 0 Å². The van der Waals surface area contributed by atoms with E-state index in [1.165, 1.54) is 0 Å². The first-order valence-corrected chi connectivity index (χ1v) is 7.18. The van der Waals surface area contributed by atoms with Crippen LogP contribution < -0.4 is 5.73 Å². The third-order valence-corrected chi connectivity index (χ3v) is 4.78. The fraction of sp³-hybridized carbons (Fsp3) is 0.929. The molecule has 2 aliphatic heterocycles. The van der Waals surface area contributed by atoms with Crippen molar-refractivity contribution in [2.24, 2.45) is 17.1 Å². The van der Waals surface area contributed by atoms with Crippen LogP contribution in [-0.2, 0) is 9.53 Å². The predicted octanol–water partition coefficient (Wildman–Crippen LogP) is 1.39. The number of amides is 1. The van der Waals surface area contributed by atoms with Gasteiger partial charge < -0.3 is 15.4 Å². The van der Waals surface area contributed by atoms with E-state index in [1.54, 1.807) is 0 Å². The second-order valence-corrected chi connectivity index (χ2v) is 6.15. The molecule has 0 bridgehead atoms. The highest BCUT2D eigenvalue weighted by molar-refractivity contribution is 5.82. The fourth-order valence-electron chi connectivity index (χ4n) is 2.99. The van der Waals surface area contributed by atoms with Gasteiger partial charge in [0.1, 0.15) is 0 Å². The zero-order chi connectivity index (χ0) is 13.2. The highest BCUT2D eigenvalue weighted by atomic mass is 16.5. The highest BCUT2D eigenvalue weighted by Crippen LogP contribution is 2.33. The minimum Gasteiger partial charge on any atom is -0.381 e. The number of carbonyl (C=O) groups is 1. The molecule has 0 saturated carbocycles. The summed E-state index contributed by atoms with van der Waals surface area (Å²) in [6, 6.07) is -0.326. The highest BCUT2D eigenvalue weighted by Gasteiger charge is 2.38. The molecule has 2 saturated heterocycles. The van der Waals surface area contributed by atoms with E-state index < -0.39 is 0 Å². The molecule has 18 heavy (non-hydrogen) atoms. The van der Waals surface area contributed by atoms with Crippen LogP contribution >= 0.6 is 0 Å². The molecule has 4 heteroatoms. The third kappa shape index (κ3) is 2.86. The van der Waals surface area contributed by atoms with Crippen molar-refractivity contribution in [1.82, 2.24) is 4.90 Å². The maximum Gasteiger partial charge on any atom is 0.239 e. The summed E-state index contributed by atoms with van der Waals surface area (Å²) in [5.74, 6) is 0.457. The Morgan fingerprint density at radius 3 is 2.72 bits per heavy atom. The van der Waals surface area contributed by atoms with Crippen molar-refractivity contribution in [1.29, 1.82) is 0 Å². The molecule has 2 N–H and O–H groups in total. The first-order chi connectivity index (χ1) is 8.56. The van der Waals surface area contributed by atoms with Gasteiger partial charge in [0.2, 0.25) is 5.91 Å².